The molecule has 1 unspecified atom stereocenters. The van der Waals surface area contributed by atoms with Crippen molar-refractivity contribution in [3.8, 4) is 0 Å². The zero-order valence-electron chi connectivity index (χ0n) is 13.7. The van der Waals surface area contributed by atoms with E-state index in [4.69, 9.17) is 0 Å². The van der Waals surface area contributed by atoms with E-state index in [1.54, 1.807) is 0 Å². The van der Waals surface area contributed by atoms with Crippen LogP contribution in [0.3, 0.4) is 0 Å². The van der Waals surface area contributed by atoms with Crippen molar-refractivity contribution in [3.63, 3.8) is 0 Å². The third-order valence-electron chi connectivity index (χ3n) is 3.85. The largest absolute Gasteiger partial charge is 0.392 e. The molecule has 6 heteroatoms. The first-order chi connectivity index (χ1) is 9.56. The summed E-state index contributed by atoms with van der Waals surface area (Å²) in [6, 6.07) is 0. The number of nitrogens with one attached hydrogen (secondary N) is 1. The number of amides is 1. The highest BCUT2D eigenvalue weighted by Crippen LogP contribution is 2.25. The first-order valence-electron chi connectivity index (χ1n) is 7.18. The molecule has 0 bridgehead atoms. The summed E-state index contributed by atoms with van der Waals surface area (Å²) in [5.74, 6) is -0.0803. The highest BCUT2D eigenvalue weighted by Gasteiger charge is 2.30. The molecule has 0 aromatic carbocycles. The van der Waals surface area contributed by atoms with Gasteiger partial charge in [0.05, 0.1) is 6.10 Å². The molecule has 1 rings (SSSR count). The molecular formula is C15H26N2O3S. The lowest BCUT2D eigenvalue weighted by Crippen LogP contribution is -2.44. The number of hydrogen-bond donors (Lipinski definition) is 2. The number of nitrogens with zero attached hydrogens (tertiary/aromatic N) is 1. The lowest BCUT2D eigenvalue weighted by Gasteiger charge is -2.33. The van der Waals surface area contributed by atoms with E-state index in [0.29, 0.717) is 6.54 Å². The second-order valence-corrected chi connectivity index (χ2v) is 7.72. The van der Waals surface area contributed by atoms with Crippen LogP contribution in [0, 0.1) is 25.2 Å². The Kier molecular flexibility index (Phi) is 5.75. The Morgan fingerprint density at radius 2 is 1.95 bits per heavy atom. The van der Waals surface area contributed by atoms with Crippen LogP contribution >= 0.6 is 11.3 Å². The van der Waals surface area contributed by atoms with E-state index in [0.717, 1.165) is 21.9 Å². The third kappa shape index (κ3) is 4.41. The second-order valence-electron chi connectivity index (χ2n) is 6.55. The fourth-order valence-corrected chi connectivity index (χ4v) is 3.13. The molecule has 0 saturated carbocycles. The fraction of sp³-hybridized carbons (Fsp3) is 0.733. The third-order valence-corrected chi connectivity index (χ3v) is 4.85. The van der Waals surface area contributed by atoms with E-state index in [1.165, 1.54) is 4.57 Å². The van der Waals surface area contributed by atoms with Gasteiger partial charge < -0.3 is 10.4 Å². The minimum absolute atomic E-state index is 0.0306. The zero-order valence-corrected chi connectivity index (χ0v) is 14.5. The SMILES string of the molecule is Cc1sc(=O)n(CC(=O)NCC(C)(C)C(O)C(C)C)c1C. The Balaban J connectivity index is 2.65. The molecule has 21 heavy (non-hydrogen) atoms. The van der Waals surface area contributed by atoms with Gasteiger partial charge in [-0.05, 0) is 19.8 Å². The lowest BCUT2D eigenvalue weighted by atomic mass is 9.81. The molecule has 1 aromatic rings. The lowest BCUT2D eigenvalue weighted by molar-refractivity contribution is -0.122. The summed E-state index contributed by atoms with van der Waals surface area (Å²) in [4.78, 5) is 24.6. The fourth-order valence-electron chi connectivity index (χ4n) is 2.30. The number of aliphatic hydroxyl groups excluding tert-OH is 1. The molecule has 0 saturated heterocycles. The van der Waals surface area contributed by atoms with Gasteiger partial charge in [0.2, 0.25) is 5.91 Å². The molecule has 0 aliphatic rings. The highest BCUT2D eigenvalue weighted by molar-refractivity contribution is 7.09. The second kappa shape index (κ2) is 6.75. The molecule has 1 atom stereocenters. The zero-order chi connectivity index (χ0) is 16.4. The van der Waals surface area contributed by atoms with Crippen molar-refractivity contribution < 1.29 is 9.90 Å². The highest BCUT2D eigenvalue weighted by atomic mass is 32.1. The van der Waals surface area contributed by atoms with Crippen molar-refractivity contribution in [2.24, 2.45) is 11.3 Å². The number of carbonyl (C=O) groups is 1. The predicted octanol–water partition coefficient (Wildman–Crippen LogP) is 1.69. The Labute approximate surface area is 130 Å². The standard InChI is InChI=1S/C15H26N2O3S/c1-9(2)13(19)15(5,6)8-16-12(18)7-17-10(3)11(4)21-14(17)20/h9,13,19H,7-8H2,1-6H3,(H,16,18). The van der Waals surface area contributed by atoms with Gasteiger partial charge in [-0.3, -0.25) is 14.2 Å². The minimum Gasteiger partial charge on any atom is -0.392 e. The molecule has 1 heterocycles. The van der Waals surface area contributed by atoms with Crippen LogP contribution < -0.4 is 10.2 Å². The van der Waals surface area contributed by atoms with Crippen molar-refractivity contribution in [3.05, 3.63) is 20.2 Å². The summed E-state index contributed by atoms with van der Waals surface area (Å²) < 4.78 is 1.49. The average molecular weight is 314 g/mol. The maximum Gasteiger partial charge on any atom is 0.308 e. The van der Waals surface area contributed by atoms with Gasteiger partial charge in [-0.1, -0.05) is 39.0 Å². The van der Waals surface area contributed by atoms with Crippen LogP contribution in [0.15, 0.2) is 4.79 Å². The monoisotopic (exact) mass is 314 g/mol. The smallest absolute Gasteiger partial charge is 0.308 e. The van der Waals surface area contributed by atoms with Gasteiger partial charge >= 0.3 is 4.87 Å². The van der Waals surface area contributed by atoms with Crippen LogP contribution in [0.4, 0.5) is 0 Å². The summed E-state index contributed by atoms with van der Waals surface area (Å²) in [6.07, 6.45) is -0.495. The number of hydrogen-bond acceptors (Lipinski definition) is 4. The van der Waals surface area contributed by atoms with Crippen molar-refractivity contribution in [1.29, 1.82) is 0 Å². The molecule has 1 amide bonds. The molecule has 0 radical (unpaired) electrons. The van der Waals surface area contributed by atoms with Gasteiger partial charge in [-0.2, -0.15) is 0 Å². The van der Waals surface area contributed by atoms with Crippen LogP contribution in [-0.4, -0.2) is 28.2 Å². The van der Waals surface area contributed by atoms with E-state index >= 15 is 0 Å². The van der Waals surface area contributed by atoms with Crippen molar-refractivity contribution in [2.75, 3.05) is 6.54 Å². The van der Waals surface area contributed by atoms with E-state index in [-0.39, 0.29) is 23.2 Å². The van der Waals surface area contributed by atoms with E-state index in [9.17, 15) is 14.7 Å². The van der Waals surface area contributed by atoms with Gasteiger partial charge in [0.15, 0.2) is 0 Å². The van der Waals surface area contributed by atoms with Crippen LogP contribution in [0.2, 0.25) is 0 Å². The molecule has 0 spiro atoms. The minimum atomic E-state index is -0.495. The Morgan fingerprint density at radius 3 is 2.38 bits per heavy atom. The van der Waals surface area contributed by atoms with Crippen LogP contribution in [-0.2, 0) is 11.3 Å². The number of aryl methyl sites for hydroxylation is 1. The maximum atomic E-state index is 12.0. The van der Waals surface area contributed by atoms with Crippen LogP contribution in [0.25, 0.3) is 0 Å². The van der Waals surface area contributed by atoms with Crippen molar-refractivity contribution in [2.45, 2.75) is 54.2 Å². The maximum absolute atomic E-state index is 12.0. The number of thiazole rings is 1. The Hall–Kier alpha value is -1.14. The first-order valence-corrected chi connectivity index (χ1v) is 7.99. The van der Waals surface area contributed by atoms with Crippen molar-refractivity contribution >= 4 is 17.2 Å². The average Bonchev–Trinajstić information content (AvgIpc) is 2.62. The van der Waals surface area contributed by atoms with E-state index < -0.39 is 11.5 Å². The molecule has 2 N–H and O–H groups in total. The first kappa shape index (κ1) is 17.9. The van der Waals surface area contributed by atoms with Gasteiger partial charge in [0, 0.05) is 22.5 Å². The summed E-state index contributed by atoms with van der Waals surface area (Å²) in [5, 5.41) is 13.0. The predicted molar refractivity (Wildman–Crippen MR) is 85.7 cm³/mol. The molecule has 0 aliphatic carbocycles. The number of aromatic nitrogens is 1. The van der Waals surface area contributed by atoms with Gasteiger partial charge in [0.1, 0.15) is 6.54 Å². The molecule has 1 aromatic heterocycles. The molecule has 5 nitrogen and oxygen atoms in total. The Bertz CT molecular complexity index is 558. The summed E-state index contributed by atoms with van der Waals surface area (Å²) >= 11 is 1.16. The van der Waals surface area contributed by atoms with Gasteiger partial charge in [-0.15, -0.1) is 0 Å². The summed E-state index contributed by atoms with van der Waals surface area (Å²) in [6.45, 7) is 11.9. The van der Waals surface area contributed by atoms with Gasteiger partial charge in [0.25, 0.3) is 0 Å². The van der Waals surface area contributed by atoms with E-state index in [2.05, 4.69) is 5.32 Å². The van der Waals surface area contributed by atoms with Gasteiger partial charge in [-0.25, -0.2) is 0 Å². The molecule has 0 aliphatic heterocycles. The number of aliphatic hydroxyl groups is 1. The topological polar surface area (TPSA) is 71.3 Å². The molecule has 0 fully saturated rings. The van der Waals surface area contributed by atoms with E-state index in [1.807, 2.05) is 41.5 Å². The van der Waals surface area contributed by atoms with Crippen molar-refractivity contribution in [1.82, 2.24) is 9.88 Å². The van der Waals surface area contributed by atoms with Crippen LogP contribution in [0.5, 0.6) is 0 Å². The number of carbonyl (C=O) groups excluding carboxylic acids is 1. The van der Waals surface area contributed by atoms with Crippen LogP contribution in [0.1, 0.15) is 38.3 Å². The Morgan fingerprint density at radius 1 is 1.38 bits per heavy atom. The summed E-state index contributed by atoms with van der Waals surface area (Å²) in [5.41, 5.74) is 0.427. The molecular weight excluding hydrogens is 288 g/mol. The summed E-state index contributed by atoms with van der Waals surface area (Å²) in [7, 11) is 0. The number of rotatable bonds is 6. The molecule has 120 valence electrons. The normalized spacial score (nSPS) is 13.5. The quantitative estimate of drug-likeness (QED) is 0.839.